The number of amides is 1. The second-order valence-electron chi connectivity index (χ2n) is 8.43. The molecular weight excluding hydrogens is 498 g/mol. The molecule has 1 amide bonds. The number of carbonyl (C=O) groups is 1. The number of ether oxygens (including phenoxy) is 2. The molecule has 1 heterocycles. The fraction of sp³-hybridized carbons (Fsp3) is 0.478. The van der Waals surface area contributed by atoms with Gasteiger partial charge >= 0.3 is 0 Å². The number of rotatable bonds is 13. The summed E-state index contributed by atoms with van der Waals surface area (Å²) >= 11 is 7.67. The summed E-state index contributed by atoms with van der Waals surface area (Å²) in [6.45, 7) is 5.78. The molecule has 1 atom stereocenters. The minimum absolute atomic E-state index is 0.0633. The third kappa shape index (κ3) is 8.57. The van der Waals surface area contributed by atoms with Gasteiger partial charge in [-0.1, -0.05) is 29.0 Å². The first-order valence-electron chi connectivity index (χ1n) is 11.1. The highest BCUT2D eigenvalue weighted by molar-refractivity contribution is 7.90. The van der Waals surface area contributed by atoms with Gasteiger partial charge in [-0.25, -0.2) is 18.1 Å². The second-order valence-corrected chi connectivity index (χ2v) is 12.2. The number of nitrogens with zero attached hydrogens (tertiary/aromatic N) is 1. The van der Waals surface area contributed by atoms with Crippen molar-refractivity contribution in [2.24, 2.45) is 5.92 Å². The van der Waals surface area contributed by atoms with Crippen LogP contribution in [0.1, 0.15) is 44.9 Å². The Bertz CT molecular complexity index is 1110. The lowest BCUT2D eigenvalue weighted by molar-refractivity contribution is -0.121. The number of halogens is 1. The van der Waals surface area contributed by atoms with Crippen LogP contribution in [0, 0.1) is 5.92 Å². The monoisotopic (exact) mass is 527 g/mol. The first-order valence-corrected chi connectivity index (χ1v) is 13.9. The zero-order valence-corrected chi connectivity index (χ0v) is 21.8. The van der Waals surface area contributed by atoms with Crippen molar-refractivity contribution in [2.45, 2.75) is 51.3 Å². The zero-order chi connectivity index (χ0) is 24.7. The number of aromatic nitrogens is 1. The second kappa shape index (κ2) is 12.0. The molecule has 0 saturated heterocycles. The number of benzene rings is 1. The predicted octanol–water partition coefficient (Wildman–Crippen LogP) is 4.61. The molecule has 0 radical (unpaired) electrons. The summed E-state index contributed by atoms with van der Waals surface area (Å²) in [5.41, 5.74) is 0. The topological polar surface area (TPSA) is 107 Å². The molecule has 2 N–H and O–H groups in total. The van der Waals surface area contributed by atoms with Crippen molar-refractivity contribution in [1.82, 2.24) is 15.0 Å². The molecule has 34 heavy (non-hydrogen) atoms. The Balaban J connectivity index is 1.44. The van der Waals surface area contributed by atoms with E-state index in [1.165, 1.54) is 24.2 Å². The molecule has 1 aliphatic carbocycles. The first kappa shape index (κ1) is 26.5. The van der Waals surface area contributed by atoms with Crippen LogP contribution in [0.2, 0.25) is 5.02 Å². The van der Waals surface area contributed by atoms with Crippen molar-refractivity contribution in [3.63, 3.8) is 0 Å². The predicted molar refractivity (Wildman–Crippen MR) is 135 cm³/mol. The minimum Gasteiger partial charge on any atom is -0.493 e. The van der Waals surface area contributed by atoms with Gasteiger partial charge in [0.1, 0.15) is 11.5 Å². The smallest absolute Gasteiger partial charge is 0.279 e. The molecule has 0 bridgehead atoms. The van der Waals surface area contributed by atoms with Gasteiger partial charge in [0.25, 0.3) is 5.19 Å². The van der Waals surface area contributed by atoms with Gasteiger partial charge in [0.15, 0.2) is 0 Å². The summed E-state index contributed by atoms with van der Waals surface area (Å²) in [7, 11) is -3.37. The fourth-order valence-corrected chi connectivity index (χ4v) is 4.35. The summed E-state index contributed by atoms with van der Waals surface area (Å²) in [6, 6.07) is 5.10. The number of carbonyl (C=O) groups excluding carboxylic acids is 1. The van der Waals surface area contributed by atoms with E-state index in [1.54, 1.807) is 32.2 Å². The highest BCUT2D eigenvalue weighted by atomic mass is 35.5. The van der Waals surface area contributed by atoms with E-state index in [4.69, 9.17) is 21.1 Å². The van der Waals surface area contributed by atoms with E-state index < -0.39 is 15.3 Å². The SMILES string of the molecule is CC(C)S(=O)(=O)NCCC(=O)N[C@@H](C)C=Cc1cnc(Oc2ccc(OCC3CC3)cc2Cl)s1. The Morgan fingerprint density at radius 2 is 2.09 bits per heavy atom. The van der Waals surface area contributed by atoms with Crippen LogP contribution in [0.25, 0.3) is 6.08 Å². The number of hydrogen-bond donors (Lipinski definition) is 2. The number of thiazole rings is 1. The number of nitrogens with one attached hydrogen (secondary N) is 2. The van der Waals surface area contributed by atoms with E-state index in [1.807, 2.05) is 25.1 Å². The summed E-state index contributed by atoms with van der Waals surface area (Å²) in [5, 5.41) is 3.17. The van der Waals surface area contributed by atoms with E-state index in [9.17, 15) is 13.2 Å². The van der Waals surface area contributed by atoms with Gasteiger partial charge in [-0.05, 0) is 57.7 Å². The Morgan fingerprint density at radius 1 is 1.32 bits per heavy atom. The Morgan fingerprint density at radius 3 is 2.76 bits per heavy atom. The maximum Gasteiger partial charge on any atom is 0.279 e. The molecule has 2 aromatic rings. The van der Waals surface area contributed by atoms with Crippen molar-refractivity contribution in [1.29, 1.82) is 0 Å². The Labute approximate surface area is 209 Å². The molecule has 1 aromatic carbocycles. The van der Waals surface area contributed by atoms with Gasteiger partial charge in [0, 0.05) is 31.3 Å². The number of hydrogen-bond acceptors (Lipinski definition) is 7. The molecule has 3 rings (SSSR count). The van der Waals surface area contributed by atoms with E-state index in [0.717, 1.165) is 10.6 Å². The van der Waals surface area contributed by atoms with Crippen molar-refractivity contribution in [3.8, 4) is 16.7 Å². The van der Waals surface area contributed by atoms with Gasteiger partial charge in [0.05, 0.1) is 21.8 Å². The lowest BCUT2D eigenvalue weighted by Crippen LogP contribution is -2.36. The summed E-state index contributed by atoms with van der Waals surface area (Å²) < 4.78 is 37.4. The average molecular weight is 528 g/mol. The van der Waals surface area contributed by atoms with Crippen LogP contribution in [0.15, 0.2) is 30.5 Å². The molecule has 0 spiro atoms. The van der Waals surface area contributed by atoms with Crippen molar-refractivity contribution >= 4 is 44.9 Å². The van der Waals surface area contributed by atoms with Crippen molar-refractivity contribution in [3.05, 3.63) is 40.4 Å². The van der Waals surface area contributed by atoms with Gasteiger partial charge in [-0.15, -0.1) is 0 Å². The van der Waals surface area contributed by atoms with E-state index in [2.05, 4.69) is 15.0 Å². The fourth-order valence-electron chi connectivity index (χ4n) is 2.73. The molecule has 11 heteroatoms. The summed E-state index contributed by atoms with van der Waals surface area (Å²) in [5.74, 6) is 1.65. The van der Waals surface area contributed by atoms with Crippen LogP contribution in [-0.2, 0) is 14.8 Å². The highest BCUT2D eigenvalue weighted by Gasteiger charge is 2.22. The zero-order valence-electron chi connectivity index (χ0n) is 19.4. The molecule has 1 aliphatic rings. The largest absolute Gasteiger partial charge is 0.493 e. The lowest BCUT2D eigenvalue weighted by atomic mass is 10.2. The molecule has 1 saturated carbocycles. The van der Waals surface area contributed by atoms with Crippen LogP contribution in [0.4, 0.5) is 0 Å². The standard InChI is InChI=1S/C23H30ClN3O5S2/c1-15(2)34(29,30)26-11-10-22(28)27-16(3)4-8-19-13-25-23(33-19)32-21-9-7-18(12-20(21)24)31-14-17-5-6-17/h4,7-9,12-13,15-17,26H,5-6,10-11,14H2,1-3H3,(H,27,28)/t16-/m0/s1. The summed E-state index contributed by atoms with van der Waals surface area (Å²) in [6.07, 6.45) is 7.85. The quantitative estimate of drug-likeness (QED) is 0.394. The Kier molecular flexibility index (Phi) is 9.35. The average Bonchev–Trinajstić information content (AvgIpc) is 3.49. The molecule has 0 aliphatic heterocycles. The van der Waals surface area contributed by atoms with Crippen molar-refractivity contribution < 1.29 is 22.7 Å². The molecule has 186 valence electrons. The third-order valence-corrected chi connectivity index (χ3v) is 7.98. The van der Waals surface area contributed by atoms with Gasteiger partial charge in [-0.3, -0.25) is 4.79 Å². The molecule has 0 unspecified atom stereocenters. The maximum absolute atomic E-state index is 12.0. The maximum atomic E-state index is 12.0. The van der Waals surface area contributed by atoms with Gasteiger partial charge in [-0.2, -0.15) is 0 Å². The van der Waals surface area contributed by atoms with Crippen LogP contribution < -0.4 is 19.5 Å². The van der Waals surface area contributed by atoms with E-state index in [-0.39, 0.29) is 24.9 Å². The van der Waals surface area contributed by atoms with Crippen LogP contribution in [-0.4, -0.2) is 43.8 Å². The number of sulfonamides is 1. The van der Waals surface area contributed by atoms with Crippen molar-refractivity contribution in [2.75, 3.05) is 13.2 Å². The Hall–Kier alpha value is -2.14. The third-order valence-electron chi connectivity index (χ3n) is 5.00. The lowest BCUT2D eigenvalue weighted by Gasteiger charge is -2.11. The van der Waals surface area contributed by atoms with Gasteiger partial charge < -0.3 is 14.8 Å². The molecule has 1 aromatic heterocycles. The van der Waals surface area contributed by atoms with Gasteiger partial charge in [0.2, 0.25) is 15.9 Å². The minimum atomic E-state index is -3.37. The van der Waals surface area contributed by atoms with E-state index >= 15 is 0 Å². The summed E-state index contributed by atoms with van der Waals surface area (Å²) in [4.78, 5) is 17.1. The van der Waals surface area contributed by atoms with Crippen LogP contribution in [0.3, 0.4) is 0 Å². The normalized spacial score (nSPS) is 15.0. The molecular formula is C23H30ClN3O5S2. The molecule has 8 nitrogen and oxygen atoms in total. The highest BCUT2D eigenvalue weighted by Crippen LogP contribution is 2.35. The first-order chi connectivity index (χ1) is 16.1. The van der Waals surface area contributed by atoms with E-state index in [0.29, 0.717) is 28.5 Å². The van der Waals surface area contributed by atoms with Crippen LogP contribution >= 0.6 is 22.9 Å². The molecule has 1 fully saturated rings. The van der Waals surface area contributed by atoms with Crippen LogP contribution in [0.5, 0.6) is 16.7 Å².